The lowest BCUT2D eigenvalue weighted by Crippen LogP contribution is -1.80. The summed E-state index contributed by atoms with van der Waals surface area (Å²) in [5, 5.41) is 0.772. The molecule has 1 aromatic rings. The fourth-order valence-electron chi connectivity index (χ4n) is 0.419. The van der Waals surface area contributed by atoms with Gasteiger partial charge in [-0.2, -0.15) is 0 Å². The Kier molecular flexibility index (Phi) is 1.94. The highest BCUT2D eigenvalue weighted by Gasteiger charge is 1.94. The highest BCUT2D eigenvalue weighted by molar-refractivity contribution is 7.81. The molecule has 0 bridgehead atoms. The Morgan fingerprint density at radius 1 is 1.89 bits per heavy atom. The van der Waals surface area contributed by atoms with E-state index in [2.05, 4.69) is 4.98 Å². The van der Waals surface area contributed by atoms with Crippen LogP contribution in [0.2, 0.25) is 0 Å². The average molecular weight is 162 g/mol. The van der Waals surface area contributed by atoms with E-state index in [1.807, 2.05) is 0 Å². The molecule has 1 aromatic heterocycles. The van der Waals surface area contributed by atoms with Crippen LogP contribution >= 0.6 is 11.3 Å². The smallest absolute Gasteiger partial charge is 0.0972 e. The number of hydrogen-bond donors (Lipinski definition) is 0. The molecule has 1 heterocycles. The summed E-state index contributed by atoms with van der Waals surface area (Å²) in [5.41, 5.74) is 0. The molecule has 50 valence electrons. The van der Waals surface area contributed by atoms with E-state index in [-0.39, 0.29) is 0 Å². The first-order chi connectivity index (χ1) is 4.20. The molecule has 5 heteroatoms. The Labute approximate surface area is 59.0 Å². The third kappa shape index (κ3) is 1.57. The Bertz CT molecular complexity index is 232. The molecule has 3 nitrogen and oxygen atoms in total. The van der Waals surface area contributed by atoms with E-state index in [4.69, 9.17) is 0 Å². The maximum atomic E-state index is 10.2. The second-order valence-corrected chi connectivity index (χ2v) is 3.84. The summed E-state index contributed by atoms with van der Waals surface area (Å²) in [7, 11) is 0. The summed E-state index contributed by atoms with van der Waals surface area (Å²) in [6.45, 7) is 1.76. The lowest BCUT2D eigenvalue weighted by Gasteiger charge is -1.95. The molecule has 0 aliphatic carbocycles. The molecular formula is C4H4NO2S2-. The SMILES string of the molecule is Cc1ncc(S(=O)[O-])s1. The van der Waals surface area contributed by atoms with Gasteiger partial charge in [0.05, 0.1) is 15.4 Å². The van der Waals surface area contributed by atoms with Gasteiger partial charge in [0.2, 0.25) is 0 Å². The zero-order valence-electron chi connectivity index (χ0n) is 4.66. The van der Waals surface area contributed by atoms with Crippen LogP contribution in [0.5, 0.6) is 0 Å². The van der Waals surface area contributed by atoms with Crippen LogP contribution in [0.25, 0.3) is 0 Å². The average Bonchev–Trinajstić information content (AvgIpc) is 2.14. The first kappa shape index (κ1) is 6.85. The van der Waals surface area contributed by atoms with Crippen molar-refractivity contribution < 1.29 is 8.76 Å². The summed E-state index contributed by atoms with van der Waals surface area (Å²) in [4.78, 5) is 3.76. The molecule has 0 spiro atoms. The van der Waals surface area contributed by atoms with E-state index in [1.165, 1.54) is 17.5 Å². The number of hydrogen-bond acceptors (Lipinski definition) is 4. The quantitative estimate of drug-likeness (QED) is 0.571. The van der Waals surface area contributed by atoms with Gasteiger partial charge < -0.3 is 4.55 Å². The van der Waals surface area contributed by atoms with Crippen LogP contribution in [-0.4, -0.2) is 13.7 Å². The molecule has 0 fully saturated rings. The fraction of sp³-hybridized carbons (Fsp3) is 0.250. The van der Waals surface area contributed by atoms with Crippen LogP contribution in [-0.2, 0) is 11.1 Å². The van der Waals surface area contributed by atoms with E-state index < -0.39 is 11.1 Å². The van der Waals surface area contributed by atoms with Gasteiger partial charge in [-0.3, -0.25) is 4.21 Å². The molecule has 0 amide bonds. The van der Waals surface area contributed by atoms with E-state index in [0.29, 0.717) is 4.21 Å². The van der Waals surface area contributed by atoms with Gasteiger partial charge >= 0.3 is 0 Å². The lowest BCUT2D eigenvalue weighted by molar-refractivity contribution is 0.539. The van der Waals surface area contributed by atoms with E-state index in [9.17, 15) is 8.76 Å². The monoisotopic (exact) mass is 162 g/mol. The molecule has 1 unspecified atom stereocenters. The predicted molar refractivity (Wildman–Crippen MR) is 34.0 cm³/mol. The van der Waals surface area contributed by atoms with Crippen molar-refractivity contribution in [3.8, 4) is 0 Å². The third-order valence-electron chi connectivity index (χ3n) is 0.764. The summed E-state index contributed by atoms with van der Waals surface area (Å²) in [6, 6.07) is 0. The van der Waals surface area contributed by atoms with Crippen LogP contribution in [0.3, 0.4) is 0 Å². The second-order valence-electron chi connectivity index (χ2n) is 1.43. The van der Waals surface area contributed by atoms with Gasteiger partial charge in [0.15, 0.2) is 0 Å². The minimum absolute atomic E-state index is 0.299. The van der Waals surface area contributed by atoms with Crippen LogP contribution in [0.1, 0.15) is 5.01 Å². The van der Waals surface area contributed by atoms with Gasteiger partial charge in [-0.05, 0) is 18.0 Å². The van der Waals surface area contributed by atoms with Crippen LogP contribution in [0.4, 0.5) is 0 Å². The van der Waals surface area contributed by atoms with Gasteiger partial charge in [0.1, 0.15) is 0 Å². The summed E-state index contributed by atoms with van der Waals surface area (Å²) in [6.07, 6.45) is 1.35. The first-order valence-electron chi connectivity index (χ1n) is 2.22. The number of aromatic nitrogens is 1. The van der Waals surface area contributed by atoms with Gasteiger partial charge in [-0.25, -0.2) is 4.98 Å². The van der Waals surface area contributed by atoms with Gasteiger partial charge in [0, 0.05) is 0 Å². The highest BCUT2D eigenvalue weighted by atomic mass is 32.2. The Balaban J connectivity index is 2.98. The standard InChI is InChI=1S/C4H5NO2S2/c1-3-5-2-4(8-3)9(6)7/h2H,1H3,(H,6,7)/p-1. The maximum absolute atomic E-state index is 10.2. The van der Waals surface area contributed by atoms with E-state index in [1.54, 1.807) is 6.92 Å². The number of thiazole rings is 1. The summed E-state index contributed by atoms with van der Waals surface area (Å²) >= 11 is -0.930. The first-order valence-corrected chi connectivity index (χ1v) is 4.11. The van der Waals surface area contributed by atoms with Gasteiger partial charge in [-0.1, -0.05) is 0 Å². The minimum atomic E-state index is -2.10. The zero-order chi connectivity index (χ0) is 6.85. The van der Waals surface area contributed by atoms with Gasteiger partial charge in [0.25, 0.3) is 0 Å². The molecule has 0 saturated carbocycles. The van der Waals surface area contributed by atoms with Crippen molar-refractivity contribution >= 4 is 22.4 Å². The van der Waals surface area contributed by atoms with E-state index in [0.717, 1.165) is 5.01 Å². The molecule has 0 aliphatic heterocycles. The Hall–Kier alpha value is -0.260. The summed E-state index contributed by atoms with van der Waals surface area (Å²) in [5.74, 6) is 0. The molecule has 0 aromatic carbocycles. The lowest BCUT2D eigenvalue weighted by atomic mass is 10.8. The molecule has 1 atom stereocenters. The molecule has 1 rings (SSSR count). The van der Waals surface area contributed by atoms with E-state index >= 15 is 0 Å². The fourth-order valence-corrected chi connectivity index (χ4v) is 1.69. The van der Waals surface area contributed by atoms with Crippen LogP contribution < -0.4 is 0 Å². The molecule has 0 radical (unpaired) electrons. The van der Waals surface area contributed by atoms with Gasteiger partial charge in [-0.15, -0.1) is 11.3 Å². The highest BCUT2D eigenvalue weighted by Crippen LogP contribution is 2.13. The van der Waals surface area contributed by atoms with Crippen molar-refractivity contribution in [3.05, 3.63) is 11.2 Å². The van der Waals surface area contributed by atoms with Crippen LogP contribution in [0, 0.1) is 6.92 Å². The number of nitrogens with zero attached hydrogens (tertiary/aromatic N) is 1. The molecule has 9 heavy (non-hydrogen) atoms. The number of aryl methyl sites for hydroxylation is 1. The third-order valence-corrected chi connectivity index (χ3v) is 2.56. The van der Waals surface area contributed by atoms with Crippen molar-refractivity contribution in [1.29, 1.82) is 0 Å². The topological polar surface area (TPSA) is 53.0 Å². The largest absolute Gasteiger partial charge is 0.768 e. The zero-order valence-corrected chi connectivity index (χ0v) is 6.29. The van der Waals surface area contributed by atoms with Crippen molar-refractivity contribution in [1.82, 2.24) is 4.98 Å². The molecular weight excluding hydrogens is 158 g/mol. The predicted octanol–water partition coefficient (Wildman–Crippen LogP) is 0.690. The molecule has 0 aliphatic rings. The Morgan fingerprint density at radius 3 is 2.78 bits per heavy atom. The van der Waals surface area contributed by atoms with Crippen molar-refractivity contribution in [2.45, 2.75) is 11.1 Å². The van der Waals surface area contributed by atoms with Crippen LogP contribution in [0.15, 0.2) is 10.4 Å². The Morgan fingerprint density at radius 2 is 2.56 bits per heavy atom. The normalized spacial score (nSPS) is 13.6. The second kappa shape index (κ2) is 2.55. The molecule has 0 saturated heterocycles. The maximum Gasteiger partial charge on any atom is 0.0972 e. The summed E-state index contributed by atoms with van der Waals surface area (Å²) < 4.78 is 20.7. The molecule has 0 N–H and O–H groups in total. The number of rotatable bonds is 1. The minimum Gasteiger partial charge on any atom is -0.768 e. The van der Waals surface area contributed by atoms with Crippen molar-refractivity contribution in [2.24, 2.45) is 0 Å². The van der Waals surface area contributed by atoms with Crippen molar-refractivity contribution in [2.75, 3.05) is 0 Å². The van der Waals surface area contributed by atoms with Crippen molar-refractivity contribution in [3.63, 3.8) is 0 Å².